The van der Waals surface area contributed by atoms with Crippen molar-refractivity contribution in [3.05, 3.63) is 59.5 Å². The molecule has 1 aromatic carbocycles. The third kappa shape index (κ3) is 4.20. The van der Waals surface area contributed by atoms with Gasteiger partial charge < -0.3 is 9.32 Å². The maximum absolute atomic E-state index is 12.6. The lowest BCUT2D eigenvalue weighted by molar-refractivity contribution is 0.0698. The van der Waals surface area contributed by atoms with Gasteiger partial charge in [0.2, 0.25) is 0 Å². The molecule has 1 aliphatic rings. The summed E-state index contributed by atoms with van der Waals surface area (Å²) in [6, 6.07) is 11.8. The summed E-state index contributed by atoms with van der Waals surface area (Å²) < 4.78 is 5.36. The molecule has 0 aliphatic carbocycles. The van der Waals surface area contributed by atoms with Crippen LogP contribution in [0, 0.1) is 12.8 Å². The minimum absolute atomic E-state index is 0.185. The highest BCUT2D eigenvalue weighted by atomic mass is 32.2. The Balaban J connectivity index is 1.45. The second-order valence-electron chi connectivity index (χ2n) is 6.14. The molecule has 2 aromatic rings. The predicted molar refractivity (Wildman–Crippen MR) is 94.7 cm³/mol. The molecule has 0 atom stereocenters. The van der Waals surface area contributed by atoms with Gasteiger partial charge in [-0.05, 0) is 55.2 Å². The Kier molecular flexibility index (Phi) is 5.44. The van der Waals surface area contributed by atoms with Crippen LogP contribution in [0.2, 0.25) is 0 Å². The van der Waals surface area contributed by atoms with Crippen molar-refractivity contribution in [1.82, 2.24) is 4.90 Å². The summed E-state index contributed by atoms with van der Waals surface area (Å²) in [6.07, 6.45) is 3.93. The molecule has 1 aromatic heterocycles. The Hall–Kier alpha value is -1.68. The third-order valence-corrected chi connectivity index (χ3v) is 5.65. The van der Waals surface area contributed by atoms with E-state index >= 15 is 0 Å². The Morgan fingerprint density at radius 3 is 2.70 bits per heavy atom. The van der Waals surface area contributed by atoms with Crippen molar-refractivity contribution in [3.63, 3.8) is 0 Å². The van der Waals surface area contributed by atoms with Gasteiger partial charge in [-0.2, -0.15) is 11.8 Å². The van der Waals surface area contributed by atoms with Crippen LogP contribution in [-0.4, -0.2) is 29.6 Å². The molecule has 4 heteroatoms. The summed E-state index contributed by atoms with van der Waals surface area (Å²) in [5.74, 6) is 4.02. The second-order valence-corrected chi connectivity index (χ2v) is 7.18. The average molecular weight is 329 g/mol. The zero-order valence-electron chi connectivity index (χ0n) is 13.5. The number of amides is 1. The number of hydrogen-bond donors (Lipinski definition) is 0. The number of benzene rings is 1. The summed E-state index contributed by atoms with van der Waals surface area (Å²) in [5.41, 5.74) is 1.91. The summed E-state index contributed by atoms with van der Waals surface area (Å²) in [7, 11) is 0. The van der Waals surface area contributed by atoms with Gasteiger partial charge in [0.25, 0.3) is 5.91 Å². The number of hydrogen-bond acceptors (Lipinski definition) is 3. The molecule has 0 bridgehead atoms. The lowest BCUT2D eigenvalue weighted by Gasteiger charge is -2.32. The first-order valence-electron chi connectivity index (χ1n) is 8.19. The highest BCUT2D eigenvalue weighted by molar-refractivity contribution is 7.98. The van der Waals surface area contributed by atoms with Gasteiger partial charge in [0, 0.05) is 18.7 Å². The second kappa shape index (κ2) is 7.73. The largest absolute Gasteiger partial charge is 0.468 e. The lowest BCUT2D eigenvalue weighted by Crippen LogP contribution is -2.39. The number of carbonyl (C=O) groups is 1. The monoisotopic (exact) mass is 329 g/mol. The van der Waals surface area contributed by atoms with E-state index < -0.39 is 0 Å². The quantitative estimate of drug-likeness (QED) is 0.816. The van der Waals surface area contributed by atoms with E-state index in [1.807, 2.05) is 60.0 Å². The molecule has 122 valence electrons. The van der Waals surface area contributed by atoms with Gasteiger partial charge in [-0.1, -0.05) is 18.2 Å². The number of carbonyl (C=O) groups excluding carboxylic acids is 1. The summed E-state index contributed by atoms with van der Waals surface area (Å²) >= 11 is 1.93. The fourth-order valence-electron chi connectivity index (χ4n) is 3.01. The van der Waals surface area contributed by atoms with Crippen LogP contribution < -0.4 is 0 Å². The molecule has 0 saturated carbocycles. The topological polar surface area (TPSA) is 33.5 Å². The first-order valence-corrected chi connectivity index (χ1v) is 9.34. The van der Waals surface area contributed by atoms with Crippen LogP contribution in [0.5, 0.6) is 0 Å². The molecular weight excluding hydrogens is 306 g/mol. The van der Waals surface area contributed by atoms with Crippen LogP contribution in [0.1, 0.15) is 34.5 Å². The Morgan fingerprint density at radius 1 is 1.22 bits per heavy atom. The van der Waals surface area contributed by atoms with Gasteiger partial charge in [-0.15, -0.1) is 0 Å². The van der Waals surface area contributed by atoms with Crippen LogP contribution in [0.15, 0.2) is 47.1 Å². The summed E-state index contributed by atoms with van der Waals surface area (Å²) in [5, 5.41) is 0. The van der Waals surface area contributed by atoms with Gasteiger partial charge in [0.15, 0.2) is 0 Å². The van der Waals surface area contributed by atoms with Gasteiger partial charge in [0.1, 0.15) is 5.76 Å². The van der Waals surface area contributed by atoms with Gasteiger partial charge in [-0.25, -0.2) is 0 Å². The average Bonchev–Trinajstić information content (AvgIpc) is 3.09. The van der Waals surface area contributed by atoms with Crippen molar-refractivity contribution < 1.29 is 9.21 Å². The zero-order valence-corrected chi connectivity index (χ0v) is 14.3. The fraction of sp³-hybridized carbons (Fsp3) is 0.421. The van der Waals surface area contributed by atoms with Crippen molar-refractivity contribution in [2.24, 2.45) is 5.92 Å². The van der Waals surface area contributed by atoms with E-state index in [1.54, 1.807) is 6.26 Å². The van der Waals surface area contributed by atoms with E-state index in [2.05, 4.69) is 0 Å². The first-order chi connectivity index (χ1) is 11.2. The number of furan rings is 1. The van der Waals surface area contributed by atoms with Crippen molar-refractivity contribution in [2.45, 2.75) is 25.5 Å². The molecule has 0 spiro atoms. The summed E-state index contributed by atoms with van der Waals surface area (Å²) in [6.45, 7) is 3.75. The number of piperidine rings is 1. The van der Waals surface area contributed by atoms with Gasteiger partial charge >= 0.3 is 0 Å². The highest BCUT2D eigenvalue weighted by Gasteiger charge is 2.24. The Labute approximate surface area is 142 Å². The molecule has 0 radical (unpaired) electrons. The minimum atomic E-state index is 0.185. The molecule has 1 saturated heterocycles. The van der Waals surface area contributed by atoms with E-state index in [4.69, 9.17) is 4.42 Å². The van der Waals surface area contributed by atoms with E-state index in [1.165, 1.54) is 0 Å². The molecular formula is C19H23NO2S. The normalized spacial score (nSPS) is 15.8. The van der Waals surface area contributed by atoms with Crippen molar-refractivity contribution in [3.8, 4) is 0 Å². The zero-order chi connectivity index (χ0) is 16.1. The van der Waals surface area contributed by atoms with Gasteiger partial charge in [0.05, 0.1) is 12.0 Å². The van der Waals surface area contributed by atoms with E-state index in [9.17, 15) is 4.79 Å². The molecule has 0 unspecified atom stereocenters. The number of likely N-dealkylation sites (tertiary alicyclic amines) is 1. The third-order valence-electron chi connectivity index (χ3n) is 4.46. The Morgan fingerprint density at radius 2 is 2.00 bits per heavy atom. The van der Waals surface area contributed by atoms with E-state index in [0.29, 0.717) is 5.92 Å². The van der Waals surface area contributed by atoms with Crippen LogP contribution in [0.25, 0.3) is 0 Å². The number of aryl methyl sites for hydroxylation is 1. The molecule has 3 nitrogen and oxygen atoms in total. The fourth-order valence-corrected chi connectivity index (χ4v) is 4.16. The number of nitrogens with zero attached hydrogens (tertiary/aromatic N) is 1. The van der Waals surface area contributed by atoms with Crippen LogP contribution in [-0.2, 0) is 5.75 Å². The smallest absolute Gasteiger partial charge is 0.254 e. The van der Waals surface area contributed by atoms with Crippen molar-refractivity contribution in [2.75, 3.05) is 18.8 Å². The highest BCUT2D eigenvalue weighted by Crippen LogP contribution is 2.25. The molecule has 1 aliphatic heterocycles. The van der Waals surface area contributed by atoms with E-state index in [-0.39, 0.29) is 5.91 Å². The Bertz CT molecular complexity index is 631. The first kappa shape index (κ1) is 16.2. The van der Waals surface area contributed by atoms with Crippen LogP contribution >= 0.6 is 11.8 Å². The minimum Gasteiger partial charge on any atom is -0.468 e. The number of thioether (sulfide) groups is 1. The van der Waals surface area contributed by atoms with Crippen LogP contribution in [0.3, 0.4) is 0 Å². The maximum Gasteiger partial charge on any atom is 0.254 e. The standard InChI is InChI=1S/C19H23NO2S/c1-15-5-2-3-7-18(15)19(21)20-10-8-16(9-11-20)13-23-14-17-6-4-12-22-17/h2-7,12,16H,8-11,13-14H2,1H3. The van der Waals surface area contributed by atoms with Crippen molar-refractivity contribution in [1.29, 1.82) is 0 Å². The molecule has 1 amide bonds. The lowest BCUT2D eigenvalue weighted by atomic mass is 9.98. The van der Waals surface area contributed by atoms with Crippen LogP contribution in [0.4, 0.5) is 0 Å². The molecule has 2 heterocycles. The summed E-state index contributed by atoms with van der Waals surface area (Å²) in [4.78, 5) is 14.6. The van der Waals surface area contributed by atoms with E-state index in [0.717, 1.165) is 54.3 Å². The molecule has 0 N–H and O–H groups in total. The molecule has 23 heavy (non-hydrogen) atoms. The van der Waals surface area contributed by atoms with Gasteiger partial charge in [-0.3, -0.25) is 4.79 Å². The number of rotatable bonds is 5. The predicted octanol–water partition coefficient (Wildman–Crippen LogP) is 4.37. The molecule has 1 fully saturated rings. The SMILES string of the molecule is Cc1ccccc1C(=O)N1CCC(CSCc2ccco2)CC1. The molecule has 3 rings (SSSR count). The maximum atomic E-state index is 12.6. The van der Waals surface area contributed by atoms with Crippen molar-refractivity contribution >= 4 is 17.7 Å².